The summed E-state index contributed by atoms with van der Waals surface area (Å²) in [6.45, 7) is 1.17. The third-order valence-corrected chi connectivity index (χ3v) is 4.92. The van der Waals surface area contributed by atoms with Crippen molar-refractivity contribution >= 4 is 27.3 Å². The van der Waals surface area contributed by atoms with Gasteiger partial charge in [-0.3, -0.25) is 11.3 Å². The zero-order chi connectivity index (χ0) is 13.9. The topological polar surface area (TPSA) is 56.5 Å². The number of halogens is 1. The van der Waals surface area contributed by atoms with Crippen LogP contribution in [0.15, 0.2) is 34.1 Å². The molecule has 0 saturated carbocycles. The minimum Gasteiger partial charge on any atom is -0.486 e. The molecular formula is C14H15BrN2O2S. The molecule has 1 unspecified atom stereocenters. The normalized spacial score (nSPS) is 15.1. The standard InChI is InChI=1S/C14H15BrN2O2S/c15-9-6-10(20-8-9)7-12(17-16)11-2-1-3-13-14(11)19-5-4-18-13/h1-3,6,8,12,17H,4-5,7,16H2. The summed E-state index contributed by atoms with van der Waals surface area (Å²) in [5, 5.41) is 2.07. The molecule has 3 N–H and O–H groups in total. The fourth-order valence-electron chi connectivity index (χ4n) is 2.29. The molecule has 106 valence electrons. The van der Waals surface area contributed by atoms with Crippen LogP contribution in [0.4, 0.5) is 0 Å². The van der Waals surface area contributed by atoms with E-state index in [0.717, 1.165) is 28.0 Å². The molecule has 0 amide bonds. The molecule has 1 aromatic carbocycles. The van der Waals surface area contributed by atoms with Gasteiger partial charge in [0.25, 0.3) is 0 Å². The van der Waals surface area contributed by atoms with Crippen LogP contribution in [0.2, 0.25) is 0 Å². The summed E-state index contributed by atoms with van der Waals surface area (Å²) >= 11 is 5.19. The molecule has 0 fully saturated rings. The fourth-order valence-corrected chi connectivity index (χ4v) is 3.79. The maximum Gasteiger partial charge on any atom is 0.166 e. The number of hydrogen-bond acceptors (Lipinski definition) is 5. The zero-order valence-electron chi connectivity index (χ0n) is 10.8. The van der Waals surface area contributed by atoms with Crippen LogP contribution in [-0.2, 0) is 6.42 Å². The number of ether oxygens (including phenoxy) is 2. The Hall–Kier alpha value is -1.08. The molecule has 3 rings (SSSR count). The van der Waals surface area contributed by atoms with Crippen LogP contribution in [0.25, 0.3) is 0 Å². The first-order chi connectivity index (χ1) is 9.78. The molecule has 2 aromatic rings. The molecule has 0 aliphatic carbocycles. The molecule has 1 aliphatic heterocycles. The highest BCUT2D eigenvalue weighted by atomic mass is 79.9. The van der Waals surface area contributed by atoms with E-state index in [1.807, 2.05) is 18.2 Å². The van der Waals surface area contributed by atoms with Crippen molar-refractivity contribution in [3.8, 4) is 11.5 Å². The van der Waals surface area contributed by atoms with Crippen molar-refractivity contribution in [3.05, 3.63) is 44.6 Å². The lowest BCUT2D eigenvalue weighted by Gasteiger charge is -2.24. The average Bonchev–Trinajstić information content (AvgIpc) is 2.89. The van der Waals surface area contributed by atoms with Gasteiger partial charge in [-0.15, -0.1) is 11.3 Å². The van der Waals surface area contributed by atoms with E-state index in [4.69, 9.17) is 15.3 Å². The summed E-state index contributed by atoms with van der Waals surface area (Å²) in [6, 6.07) is 8.03. The minimum absolute atomic E-state index is 0.00259. The zero-order valence-corrected chi connectivity index (χ0v) is 13.2. The largest absolute Gasteiger partial charge is 0.486 e. The number of benzene rings is 1. The van der Waals surface area contributed by atoms with Gasteiger partial charge in [0.2, 0.25) is 0 Å². The van der Waals surface area contributed by atoms with Crippen molar-refractivity contribution < 1.29 is 9.47 Å². The Morgan fingerprint density at radius 1 is 1.35 bits per heavy atom. The van der Waals surface area contributed by atoms with E-state index in [2.05, 4.69) is 32.8 Å². The Balaban J connectivity index is 1.89. The van der Waals surface area contributed by atoms with E-state index in [-0.39, 0.29) is 6.04 Å². The Bertz CT molecular complexity index is 603. The highest BCUT2D eigenvalue weighted by Crippen LogP contribution is 2.38. The number of thiophene rings is 1. The molecule has 2 heterocycles. The second-order valence-corrected chi connectivity index (χ2v) is 6.44. The van der Waals surface area contributed by atoms with Crippen LogP contribution < -0.4 is 20.7 Å². The quantitative estimate of drug-likeness (QED) is 0.654. The van der Waals surface area contributed by atoms with E-state index < -0.39 is 0 Å². The van der Waals surface area contributed by atoms with Crippen molar-refractivity contribution in [3.63, 3.8) is 0 Å². The number of nitrogens with two attached hydrogens (primary N) is 1. The van der Waals surface area contributed by atoms with Gasteiger partial charge in [0.05, 0.1) is 6.04 Å². The predicted octanol–water partition coefficient (Wildman–Crippen LogP) is 3.03. The van der Waals surface area contributed by atoms with E-state index >= 15 is 0 Å². The number of rotatable bonds is 4. The van der Waals surface area contributed by atoms with Gasteiger partial charge in [-0.1, -0.05) is 12.1 Å². The average molecular weight is 355 g/mol. The Morgan fingerprint density at radius 3 is 2.95 bits per heavy atom. The molecule has 1 atom stereocenters. The van der Waals surface area contributed by atoms with Crippen molar-refractivity contribution in [2.45, 2.75) is 12.5 Å². The summed E-state index contributed by atoms with van der Waals surface area (Å²) in [5.74, 6) is 7.34. The summed E-state index contributed by atoms with van der Waals surface area (Å²) in [7, 11) is 0. The van der Waals surface area contributed by atoms with Crippen LogP contribution >= 0.6 is 27.3 Å². The summed E-state index contributed by atoms with van der Waals surface area (Å²) in [4.78, 5) is 1.26. The van der Waals surface area contributed by atoms with E-state index in [0.29, 0.717) is 13.2 Å². The first-order valence-electron chi connectivity index (χ1n) is 6.35. The maximum absolute atomic E-state index is 5.75. The van der Waals surface area contributed by atoms with Crippen LogP contribution in [0.5, 0.6) is 11.5 Å². The van der Waals surface area contributed by atoms with Gasteiger partial charge in [-0.05, 0) is 28.1 Å². The van der Waals surface area contributed by atoms with Crippen molar-refractivity contribution in [1.82, 2.24) is 5.43 Å². The molecule has 20 heavy (non-hydrogen) atoms. The third kappa shape index (κ3) is 2.83. The lowest BCUT2D eigenvalue weighted by molar-refractivity contribution is 0.168. The Kier molecular flexibility index (Phi) is 4.26. The molecule has 1 aromatic heterocycles. The smallest absolute Gasteiger partial charge is 0.166 e. The molecule has 6 heteroatoms. The second-order valence-electron chi connectivity index (χ2n) is 4.53. The first kappa shape index (κ1) is 13.9. The second kappa shape index (κ2) is 6.13. The van der Waals surface area contributed by atoms with Crippen LogP contribution in [-0.4, -0.2) is 13.2 Å². The lowest BCUT2D eigenvalue weighted by Crippen LogP contribution is -2.30. The van der Waals surface area contributed by atoms with Gasteiger partial charge in [-0.2, -0.15) is 0 Å². The van der Waals surface area contributed by atoms with Crippen LogP contribution in [0, 0.1) is 0 Å². The summed E-state index contributed by atoms with van der Waals surface area (Å²) < 4.78 is 12.5. The van der Waals surface area contributed by atoms with Gasteiger partial charge in [0.1, 0.15) is 13.2 Å². The maximum atomic E-state index is 5.75. The number of para-hydroxylation sites is 1. The summed E-state index contributed by atoms with van der Waals surface area (Å²) in [6.07, 6.45) is 0.812. The molecule has 0 bridgehead atoms. The number of fused-ring (bicyclic) bond motifs is 1. The Morgan fingerprint density at radius 2 is 2.20 bits per heavy atom. The molecule has 1 aliphatic rings. The van der Waals surface area contributed by atoms with Gasteiger partial charge < -0.3 is 9.47 Å². The Labute approximate surface area is 130 Å². The number of nitrogens with one attached hydrogen (secondary N) is 1. The highest BCUT2D eigenvalue weighted by molar-refractivity contribution is 9.10. The van der Waals surface area contributed by atoms with E-state index in [9.17, 15) is 0 Å². The van der Waals surface area contributed by atoms with Gasteiger partial charge in [0.15, 0.2) is 11.5 Å². The van der Waals surface area contributed by atoms with Gasteiger partial charge in [-0.25, -0.2) is 0 Å². The number of hydrogen-bond donors (Lipinski definition) is 2. The SMILES string of the molecule is NNC(Cc1cc(Br)cs1)c1cccc2c1OCCO2. The summed E-state index contributed by atoms with van der Waals surface area (Å²) in [5.41, 5.74) is 3.92. The monoisotopic (exact) mass is 354 g/mol. The van der Waals surface area contributed by atoms with E-state index in [1.165, 1.54) is 4.88 Å². The van der Waals surface area contributed by atoms with Gasteiger partial charge >= 0.3 is 0 Å². The minimum atomic E-state index is -0.00259. The molecule has 0 saturated heterocycles. The molecule has 0 spiro atoms. The number of hydrazine groups is 1. The first-order valence-corrected chi connectivity index (χ1v) is 8.02. The van der Waals surface area contributed by atoms with Crippen molar-refractivity contribution in [2.24, 2.45) is 5.84 Å². The van der Waals surface area contributed by atoms with E-state index in [1.54, 1.807) is 11.3 Å². The van der Waals surface area contributed by atoms with Crippen molar-refractivity contribution in [1.29, 1.82) is 0 Å². The predicted molar refractivity (Wildman–Crippen MR) is 83.2 cm³/mol. The highest BCUT2D eigenvalue weighted by Gasteiger charge is 2.22. The molecule has 4 nitrogen and oxygen atoms in total. The van der Waals surface area contributed by atoms with Gasteiger partial charge in [0, 0.05) is 26.7 Å². The van der Waals surface area contributed by atoms with Crippen LogP contribution in [0.1, 0.15) is 16.5 Å². The van der Waals surface area contributed by atoms with Crippen LogP contribution in [0.3, 0.4) is 0 Å². The lowest BCUT2D eigenvalue weighted by atomic mass is 10.0. The molecule has 0 radical (unpaired) electrons. The molecular weight excluding hydrogens is 340 g/mol. The van der Waals surface area contributed by atoms with Crippen molar-refractivity contribution in [2.75, 3.05) is 13.2 Å². The third-order valence-electron chi connectivity index (χ3n) is 3.20. The fraction of sp³-hybridized carbons (Fsp3) is 0.286.